The van der Waals surface area contributed by atoms with Gasteiger partial charge in [-0.15, -0.1) is 0 Å². The van der Waals surface area contributed by atoms with Gasteiger partial charge in [-0.3, -0.25) is 4.90 Å². The second-order valence-electron chi connectivity index (χ2n) is 17.5. The van der Waals surface area contributed by atoms with Crippen LogP contribution in [0.5, 0.6) is 0 Å². The summed E-state index contributed by atoms with van der Waals surface area (Å²) in [5.41, 5.74) is 19.8. The summed E-state index contributed by atoms with van der Waals surface area (Å²) in [6.45, 7) is 9.39. The van der Waals surface area contributed by atoms with Crippen molar-refractivity contribution >= 4 is 17.2 Å². The largest absolute Gasteiger partial charge is 0.295 e. The van der Waals surface area contributed by atoms with Gasteiger partial charge >= 0.3 is 0 Å². The van der Waals surface area contributed by atoms with Crippen molar-refractivity contribution in [1.82, 2.24) is 9.97 Å². The van der Waals surface area contributed by atoms with Crippen molar-refractivity contribution in [3.8, 4) is 67.2 Å². The summed E-state index contributed by atoms with van der Waals surface area (Å²) >= 11 is 0. The van der Waals surface area contributed by atoms with Gasteiger partial charge in [-0.25, -0.2) is 9.97 Å². The number of hydrogen-bond donors (Lipinski definition) is 0. The predicted molar refractivity (Wildman–Crippen MR) is 254 cm³/mol. The third kappa shape index (κ3) is 6.11. The normalized spacial score (nSPS) is 13.8. The van der Waals surface area contributed by atoms with E-state index in [1.807, 2.05) is 0 Å². The lowest BCUT2D eigenvalue weighted by Gasteiger charge is -2.29. The van der Waals surface area contributed by atoms with Crippen molar-refractivity contribution in [3.63, 3.8) is 0 Å². The highest BCUT2D eigenvalue weighted by atomic mass is 15.2. The van der Waals surface area contributed by atoms with Crippen LogP contribution < -0.4 is 4.90 Å². The van der Waals surface area contributed by atoms with Gasteiger partial charge in [-0.05, 0) is 91.0 Å². The number of aromatic nitrogens is 2. The van der Waals surface area contributed by atoms with Crippen molar-refractivity contribution in [2.24, 2.45) is 0 Å². The number of anilines is 3. The van der Waals surface area contributed by atoms with E-state index in [-0.39, 0.29) is 10.8 Å². The zero-order valence-electron chi connectivity index (χ0n) is 34.9. The molecule has 3 heteroatoms. The molecule has 0 saturated heterocycles. The maximum atomic E-state index is 5.50. The number of rotatable bonds is 7. The first-order valence-electron chi connectivity index (χ1n) is 21.2. The molecule has 0 N–H and O–H groups in total. The molecule has 0 radical (unpaired) electrons. The zero-order valence-corrected chi connectivity index (χ0v) is 34.9. The molecular weight excluding hydrogens is 739 g/mol. The maximum absolute atomic E-state index is 5.50. The number of nitrogens with zero attached hydrogens (tertiary/aromatic N) is 3. The Labute approximate surface area is 358 Å². The molecule has 61 heavy (non-hydrogen) atoms. The molecule has 0 atom stereocenters. The summed E-state index contributed by atoms with van der Waals surface area (Å²) < 4.78 is 0. The van der Waals surface area contributed by atoms with Gasteiger partial charge in [0.25, 0.3) is 0 Å². The molecule has 0 aliphatic heterocycles. The van der Waals surface area contributed by atoms with Crippen LogP contribution in [0, 0.1) is 0 Å². The van der Waals surface area contributed by atoms with Gasteiger partial charge in [0.05, 0.1) is 5.69 Å². The number of hydrogen-bond acceptors (Lipinski definition) is 3. The van der Waals surface area contributed by atoms with Crippen LogP contribution >= 0.6 is 0 Å². The molecule has 8 aromatic carbocycles. The van der Waals surface area contributed by atoms with E-state index in [4.69, 9.17) is 9.97 Å². The lowest BCUT2D eigenvalue weighted by Crippen LogP contribution is -2.18. The quantitative estimate of drug-likeness (QED) is 0.161. The maximum Gasteiger partial charge on any atom is 0.162 e. The fraction of sp³-hybridized carbons (Fsp3) is 0.103. The summed E-state index contributed by atoms with van der Waals surface area (Å²) in [4.78, 5) is 13.2. The molecule has 0 unspecified atom stereocenters. The summed E-state index contributed by atoms with van der Waals surface area (Å²) in [6, 6.07) is 72.3. The molecular formula is C58H45N3. The third-order valence-corrected chi connectivity index (χ3v) is 13.1. The van der Waals surface area contributed by atoms with E-state index >= 15 is 0 Å². The Hall–Kier alpha value is -7.36. The Morgan fingerprint density at radius 2 is 0.721 bits per heavy atom. The molecule has 1 heterocycles. The Bertz CT molecular complexity index is 2900. The van der Waals surface area contributed by atoms with Crippen LogP contribution in [0.25, 0.3) is 67.2 Å². The zero-order chi connectivity index (χ0) is 41.3. The van der Waals surface area contributed by atoms with Crippen molar-refractivity contribution in [2.45, 2.75) is 38.5 Å². The average Bonchev–Trinajstić information content (AvgIpc) is 3.68. The molecule has 2 aliphatic rings. The van der Waals surface area contributed by atoms with E-state index in [0.717, 1.165) is 39.6 Å². The molecule has 0 saturated carbocycles. The van der Waals surface area contributed by atoms with Gasteiger partial charge in [-0.1, -0.05) is 198 Å². The van der Waals surface area contributed by atoms with Gasteiger partial charge < -0.3 is 0 Å². The first-order valence-corrected chi connectivity index (χ1v) is 21.2. The van der Waals surface area contributed by atoms with E-state index in [1.54, 1.807) is 0 Å². The molecule has 1 aromatic heterocycles. The van der Waals surface area contributed by atoms with E-state index in [9.17, 15) is 0 Å². The van der Waals surface area contributed by atoms with Gasteiger partial charge in [0.15, 0.2) is 5.82 Å². The monoisotopic (exact) mass is 783 g/mol. The standard InChI is InChI=1S/C58H45N3/c1-57(2)50-21-13-11-19-46(50)48-33-31-44(35-52(48)57)61(45-32-34-49-47-20-12-14-22-51(47)58(3,4)53(49)36-45)55-37-54(42-27-23-40(24-28-42)38-15-7-5-8-16-38)59-56(60-55)43-29-25-41(26-30-43)39-17-9-6-10-18-39/h5-37H,1-4H3. The van der Waals surface area contributed by atoms with Gasteiger partial charge in [0, 0.05) is 39.4 Å². The molecule has 3 nitrogen and oxygen atoms in total. The molecule has 0 amide bonds. The van der Waals surface area contributed by atoms with Crippen LogP contribution in [-0.2, 0) is 10.8 Å². The highest BCUT2D eigenvalue weighted by Crippen LogP contribution is 2.53. The average molecular weight is 784 g/mol. The molecule has 0 fully saturated rings. The number of benzene rings is 8. The van der Waals surface area contributed by atoms with Crippen LogP contribution in [0.2, 0.25) is 0 Å². The lowest BCUT2D eigenvalue weighted by molar-refractivity contribution is 0.660. The highest BCUT2D eigenvalue weighted by Gasteiger charge is 2.38. The Morgan fingerprint density at radius 3 is 1.21 bits per heavy atom. The highest BCUT2D eigenvalue weighted by molar-refractivity contribution is 5.89. The SMILES string of the molecule is CC1(C)c2ccccc2-c2ccc(N(c3ccc4c(c3)C(C)(C)c3ccccc3-4)c3cc(-c4ccc(-c5ccccc5)cc4)nc(-c4ccc(-c5ccccc5)cc4)n3)cc21. The summed E-state index contributed by atoms with van der Waals surface area (Å²) in [7, 11) is 0. The van der Waals surface area contributed by atoms with Gasteiger partial charge in [0.2, 0.25) is 0 Å². The molecule has 11 rings (SSSR count). The molecule has 292 valence electrons. The first kappa shape index (κ1) is 36.7. The summed E-state index contributed by atoms with van der Waals surface area (Å²) in [5, 5.41) is 0. The van der Waals surface area contributed by atoms with E-state index < -0.39 is 0 Å². The second-order valence-corrected chi connectivity index (χ2v) is 17.5. The molecule has 9 aromatic rings. The molecule has 0 spiro atoms. The summed E-state index contributed by atoms with van der Waals surface area (Å²) in [5.74, 6) is 1.48. The predicted octanol–water partition coefficient (Wildman–Crippen LogP) is 15.2. The van der Waals surface area contributed by atoms with Crippen molar-refractivity contribution in [3.05, 3.63) is 222 Å². The lowest BCUT2D eigenvalue weighted by atomic mass is 9.82. The van der Waals surface area contributed by atoms with Crippen molar-refractivity contribution in [2.75, 3.05) is 4.90 Å². The van der Waals surface area contributed by atoms with E-state index in [2.05, 4.69) is 233 Å². The minimum Gasteiger partial charge on any atom is -0.295 e. The Balaban J connectivity index is 1.12. The van der Waals surface area contributed by atoms with Crippen LogP contribution in [0.1, 0.15) is 49.9 Å². The van der Waals surface area contributed by atoms with Crippen LogP contribution in [0.15, 0.2) is 200 Å². The first-order chi connectivity index (χ1) is 29.7. The second kappa shape index (κ2) is 14.1. The van der Waals surface area contributed by atoms with Crippen molar-refractivity contribution in [1.29, 1.82) is 0 Å². The van der Waals surface area contributed by atoms with Gasteiger partial charge in [-0.2, -0.15) is 0 Å². The van der Waals surface area contributed by atoms with Crippen LogP contribution in [0.4, 0.5) is 17.2 Å². The Kier molecular flexibility index (Phi) is 8.51. The van der Waals surface area contributed by atoms with Crippen molar-refractivity contribution < 1.29 is 0 Å². The minimum atomic E-state index is -0.168. The minimum absolute atomic E-state index is 0.168. The topological polar surface area (TPSA) is 29.0 Å². The van der Waals surface area contributed by atoms with E-state index in [0.29, 0.717) is 5.82 Å². The fourth-order valence-corrected chi connectivity index (χ4v) is 9.81. The van der Waals surface area contributed by atoms with Crippen LogP contribution in [0.3, 0.4) is 0 Å². The number of fused-ring (bicyclic) bond motifs is 6. The third-order valence-electron chi connectivity index (χ3n) is 13.1. The van der Waals surface area contributed by atoms with Gasteiger partial charge in [0.1, 0.15) is 5.82 Å². The summed E-state index contributed by atoms with van der Waals surface area (Å²) in [6.07, 6.45) is 0. The fourth-order valence-electron chi connectivity index (χ4n) is 9.81. The molecule has 2 aliphatic carbocycles. The van der Waals surface area contributed by atoms with Crippen LogP contribution in [-0.4, -0.2) is 9.97 Å². The molecule has 0 bridgehead atoms. The Morgan fingerprint density at radius 1 is 0.328 bits per heavy atom. The van der Waals surface area contributed by atoms with E-state index in [1.165, 1.54) is 61.2 Å². The smallest absolute Gasteiger partial charge is 0.162 e.